The van der Waals surface area contributed by atoms with Crippen molar-refractivity contribution in [2.24, 2.45) is 0 Å². The summed E-state index contributed by atoms with van der Waals surface area (Å²) in [7, 11) is 0. The van der Waals surface area contributed by atoms with Crippen molar-refractivity contribution < 1.29 is 0 Å². The van der Waals surface area contributed by atoms with Gasteiger partial charge in [0.2, 0.25) is 0 Å². The smallest absolute Gasteiger partial charge is 0.0437 e. The summed E-state index contributed by atoms with van der Waals surface area (Å²) >= 11 is 2.10. The Morgan fingerprint density at radius 3 is 2.30 bits per heavy atom. The highest BCUT2D eigenvalue weighted by Gasteiger charge is 2.18. The minimum atomic E-state index is 0.475. The van der Waals surface area contributed by atoms with Crippen molar-refractivity contribution in [1.82, 2.24) is 5.32 Å². The van der Waals surface area contributed by atoms with Crippen molar-refractivity contribution in [3.8, 4) is 0 Å². The molecule has 2 unspecified atom stereocenters. The number of rotatable bonds is 10. The molecule has 0 aliphatic carbocycles. The van der Waals surface area contributed by atoms with Gasteiger partial charge in [-0.2, -0.15) is 11.8 Å². The van der Waals surface area contributed by atoms with E-state index >= 15 is 0 Å². The molecule has 0 heterocycles. The van der Waals surface area contributed by atoms with Gasteiger partial charge in [0.25, 0.3) is 0 Å². The third-order valence-electron chi connectivity index (χ3n) is 3.71. The molecule has 1 N–H and O–H groups in total. The average Bonchev–Trinajstić information content (AvgIpc) is 2.48. The second-order valence-corrected chi connectivity index (χ2v) is 6.94. The van der Waals surface area contributed by atoms with E-state index in [-0.39, 0.29) is 0 Å². The first-order chi connectivity index (χ1) is 9.72. The first-order valence-electron chi connectivity index (χ1n) is 8.16. The largest absolute Gasteiger partial charge is 0.309 e. The van der Waals surface area contributed by atoms with Gasteiger partial charge in [0, 0.05) is 11.3 Å². The molecule has 0 fully saturated rings. The van der Waals surface area contributed by atoms with Crippen molar-refractivity contribution in [1.29, 1.82) is 0 Å². The van der Waals surface area contributed by atoms with Crippen LogP contribution in [0.2, 0.25) is 0 Å². The Labute approximate surface area is 129 Å². The zero-order valence-electron chi connectivity index (χ0n) is 13.6. The van der Waals surface area contributed by atoms with Crippen molar-refractivity contribution >= 4 is 11.8 Å². The van der Waals surface area contributed by atoms with Crippen LogP contribution < -0.4 is 5.32 Å². The summed E-state index contributed by atoms with van der Waals surface area (Å²) in [6.07, 6.45) is 4.92. The molecule has 0 saturated carbocycles. The van der Waals surface area contributed by atoms with E-state index in [0.717, 1.165) is 13.0 Å². The Morgan fingerprint density at radius 2 is 1.75 bits per heavy atom. The van der Waals surface area contributed by atoms with E-state index in [4.69, 9.17) is 0 Å². The van der Waals surface area contributed by atoms with Gasteiger partial charge in [-0.15, -0.1) is 0 Å². The minimum absolute atomic E-state index is 0.475. The highest BCUT2D eigenvalue weighted by Crippen LogP contribution is 2.27. The quantitative estimate of drug-likeness (QED) is 0.594. The first-order valence-corrected chi connectivity index (χ1v) is 9.21. The maximum absolute atomic E-state index is 3.73. The van der Waals surface area contributed by atoms with Gasteiger partial charge in [0.05, 0.1) is 0 Å². The van der Waals surface area contributed by atoms with Crippen molar-refractivity contribution in [3.05, 3.63) is 35.4 Å². The second kappa shape index (κ2) is 10.3. The van der Waals surface area contributed by atoms with Crippen LogP contribution in [0.3, 0.4) is 0 Å². The molecule has 0 radical (unpaired) electrons. The summed E-state index contributed by atoms with van der Waals surface area (Å²) in [4.78, 5) is 0. The lowest BCUT2D eigenvalue weighted by molar-refractivity contribution is 0.527. The maximum atomic E-state index is 3.73. The van der Waals surface area contributed by atoms with Gasteiger partial charge in [-0.25, -0.2) is 0 Å². The van der Waals surface area contributed by atoms with E-state index in [9.17, 15) is 0 Å². The number of hydrogen-bond donors (Lipinski definition) is 1. The van der Waals surface area contributed by atoms with Gasteiger partial charge in [-0.05, 0) is 42.7 Å². The Balaban J connectivity index is 2.70. The van der Waals surface area contributed by atoms with E-state index in [1.807, 2.05) is 0 Å². The summed E-state index contributed by atoms with van der Waals surface area (Å²) in [5.74, 6) is 1.27. The fourth-order valence-corrected chi connectivity index (χ4v) is 3.60. The normalized spacial score (nSPS) is 14.2. The molecule has 0 aliphatic heterocycles. The molecule has 2 atom stereocenters. The van der Waals surface area contributed by atoms with Crippen LogP contribution >= 0.6 is 11.8 Å². The number of aryl methyl sites for hydroxylation is 1. The lowest BCUT2D eigenvalue weighted by Crippen LogP contribution is -2.29. The molecule has 114 valence electrons. The van der Waals surface area contributed by atoms with Crippen LogP contribution in [0.15, 0.2) is 24.3 Å². The Morgan fingerprint density at radius 1 is 1.05 bits per heavy atom. The molecule has 0 bridgehead atoms. The summed E-state index contributed by atoms with van der Waals surface area (Å²) in [6, 6.07) is 9.65. The predicted octanol–water partition coefficient (Wildman–Crippen LogP) is 5.21. The molecule has 0 spiro atoms. The fraction of sp³-hybridized carbons (Fsp3) is 0.667. The van der Waals surface area contributed by atoms with Crippen molar-refractivity contribution in [2.45, 2.75) is 64.7 Å². The molecular weight excluding hydrogens is 262 g/mol. The Hall–Kier alpha value is -0.470. The molecule has 1 rings (SSSR count). The molecule has 0 aliphatic rings. The average molecular weight is 294 g/mol. The van der Waals surface area contributed by atoms with E-state index in [1.54, 1.807) is 0 Å². The van der Waals surface area contributed by atoms with Gasteiger partial charge in [-0.3, -0.25) is 0 Å². The molecular formula is C18H31NS. The molecule has 2 heteroatoms. The zero-order chi connectivity index (χ0) is 14.8. The van der Waals surface area contributed by atoms with Crippen LogP contribution in [0.4, 0.5) is 0 Å². The first kappa shape index (κ1) is 17.6. The number of hydrogen-bond acceptors (Lipinski definition) is 2. The van der Waals surface area contributed by atoms with E-state index < -0.39 is 0 Å². The molecule has 0 amide bonds. The van der Waals surface area contributed by atoms with Crippen LogP contribution in [-0.4, -0.2) is 17.5 Å². The van der Waals surface area contributed by atoms with E-state index in [2.05, 4.69) is 69.0 Å². The van der Waals surface area contributed by atoms with Crippen LogP contribution in [0.1, 0.15) is 64.1 Å². The topological polar surface area (TPSA) is 12.0 Å². The monoisotopic (exact) mass is 293 g/mol. The van der Waals surface area contributed by atoms with Gasteiger partial charge in [0.15, 0.2) is 0 Å². The summed E-state index contributed by atoms with van der Waals surface area (Å²) in [5, 5.41) is 4.35. The van der Waals surface area contributed by atoms with Crippen LogP contribution in [0, 0.1) is 0 Å². The van der Waals surface area contributed by atoms with Crippen molar-refractivity contribution in [3.63, 3.8) is 0 Å². The summed E-state index contributed by atoms with van der Waals surface area (Å²) < 4.78 is 0. The Kier molecular flexibility index (Phi) is 9.04. The molecule has 0 saturated heterocycles. The molecule has 1 aromatic carbocycles. The van der Waals surface area contributed by atoms with Gasteiger partial charge >= 0.3 is 0 Å². The third-order valence-corrected chi connectivity index (χ3v) is 5.03. The number of unbranched alkanes of at least 4 members (excludes halogenated alkanes) is 1. The standard InChI is InChI=1S/C18H31NS/c1-5-8-14-20-15(4)18(19-13-6-2)17-11-9-16(7-3)10-12-17/h9-12,15,18-19H,5-8,13-14H2,1-4H3. The number of benzene rings is 1. The maximum Gasteiger partial charge on any atom is 0.0437 e. The van der Waals surface area contributed by atoms with Gasteiger partial charge in [0.1, 0.15) is 0 Å². The van der Waals surface area contributed by atoms with Crippen LogP contribution in [0.25, 0.3) is 0 Å². The molecule has 20 heavy (non-hydrogen) atoms. The van der Waals surface area contributed by atoms with Crippen LogP contribution in [0.5, 0.6) is 0 Å². The van der Waals surface area contributed by atoms with E-state index in [1.165, 1.54) is 36.1 Å². The SMILES string of the molecule is CCCCSC(C)C(NCCC)c1ccc(CC)cc1. The molecule has 0 aromatic heterocycles. The summed E-state index contributed by atoms with van der Waals surface area (Å²) in [6.45, 7) is 10.2. The van der Waals surface area contributed by atoms with Crippen LogP contribution in [-0.2, 0) is 6.42 Å². The highest BCUT2D eigenvalue weighted by molar-refractivity contribution is 7.99. The van der Waals surface area contributed by atoms with Gasteiger partial charge in [-0.1, -0.05) is 58.4 Å². The number of thioether (sulfide) groups is 1. The molecule has 1 aromatic rings. The highest BCUT2D eigenvalue weighted by atomic mass is 32.2. The Bertz CT molecular complexity index is 347. The lowest BCUT2D eigenvalue weighted by atomic mass is 10.0. The molecule has 1 nitrogen and oxygen atoms in total. The fourth-order valence-electron chi connectivity index (χ4n) is 2.33. The lowest BCUT2D eigenvalue weighted by Gasteiger charge is -2.25. The van der Waals surface area contributed by atoms with Gasteiger partial charge < -0.3 is 5.32 Å². The number of nitrogens with one attached hydrogen (secondary N) is 1. The second-order valence-electron chi connectivity index (χ2n) is 5.46. The third kappa shape index (κ3) is 5.88. The summed E-state index contributed by atoms with van der Waals surface area (Å²) in [5.41, 5.74) is 2.86. The van der Waals surface area contributed by atoms with E-state index in [0.29, 0.717) is 11.3 Å². The zero-order valence-corrected chi connectivity index (χ0v) is 14.4. The minimum Gasteiger partial charge on any atom is -0.309 e. The van der Waals surface area contributed by atoms with Crippen molar-refractivity contribution in [2.75, 3.05) is 12.3 Å². The predicted molar refractivity (Wildman–Crippen MR) is 93.7 cm³/mol.